The summed E-state index contributed by atoms with van der Waals surface area (Å²) >= 11 is 0. The Morgan fingerprint density at radius 2 is 1.90 bits per heavy atom. The Bertz CT molecular complexity index is 97.0. The number of carboxylic acids is 1. The Morgan fingerprint density at radius 3 is 1.90 bits per heavy atom. The maximum atomic E-state index is 9.42. The third-order valence-corrected chi connectivity index (χ3v) is 0.311. The molecule has 0 atom stereocenters. The average Bonchev–Trinajstić information content (AvgIpc) is 1.62. The van der Waals surface area contributed by atoms with Gasteiger partial charge in [0.1, 0.15) is 0 Å². The number of aliphatic carboxylic acids is 1. The van der Waals surface area contributed by atoms with Crippen LogP contribution in [0.2, 0.25) is 0 Å². The second kappa shape index (κ2) is 8.17. The lowest BCUT2D eigenvalue weighted by atomic mass is 10.4. The normalized spacial score (nSPS) is 8.00. The average molecular weight is 145 g/mol. The van der Waals surface area contributed by atoms with Gasteiger partial charge in [-0.25, -0.2) is 0 Å². The van der Waals surface area contributed by atoms with Gasteiger partial charge in [0.15, 0.2) is 0 Å². The maximum absolute atomic E-state index is 9.42. The minimum absolute atomic E-state index is 0.0556. The molecule has 0 aromatic rings. The molecule has 0 fully saturated rings. The summed E-state index contributed by atoms with van der Waals surface area (Å²) in [4.78, 5) is 10.8. The zero-order valence-corrected chi connectivity index (χ0v) is 6.81. The topological polar surface area (TPSA) is 44.6 Å². The third kappa shape index (κ3) is 58.0. The first-order chi connectivity index (χ1) is 4.50. The van der Waals surface area contributed by atoms with E-state index in [2.05, 4.69) is 27.7 Å². The molecular weight excluding hydrogens is 130 g/mol. The van der Waals surface area contributed by atoms with Gasteiger partial charge < -0.3 is 14.8 Å². The molecule has 0 aromatic heterocycles. The summed E-state index contributed by atoms with van der Waals surface area (Å²) in [6.07, 6.45) is 1.23. The molecule has 0 spiro atoms. The fraction of sp³-hybridized carbons (Fsp3) is 0.571. The van der Waals surface area contributed by atoms with Crippen molar-refractivity contribution in [3.63, 3.8) is 0 Å². The molecule has 0 amide bonds. The van der Waals surface area contributed by atoms with Crippen molar-refractivity contribution < 1.29 is 14.8 Å². The van der Waals surface area contributed by atoms with Gasteiger partial charge in [0.2, 0.25) is 0 Å². The molecule has 0 saturated carbocycles. The SMILES string of the molecule is C=CCC(=O)[O-].C[NH+](C)C. The summed E-state index contributed by atoms with van der Waals surface area (Å²) in [5, 5.41) is 9.42. The smallest absolute Gasteiger partial charge is 0.0661 e. The molecule has 1 N–H and O–H groups in total. The minimum Gasteiger partial charge on any atom is -0.550 e. The van der Waals surface area contributed by atoms with Gasteiger partial charge >= 0.3 is 0 Å². The van der Waals surface area contributed by atoms with Crippen LogP contribution in [0.5, 0.6) is 0 Å². The third-order valence-electron chi connectivity index (χ3n) is 0.311. The number of quaternary nitrogens is 1. The highest BCUT2D eigenvalue weighted by molar-refractivity contribution is 5.65. The molecule has 0 aliphatic rings. The van der Waals surface area contributed by atoms with Crippen molar-refractivity contribution >= 4 is 5.97 Å². The lowest BCUT2D eigenvalue weighted by molar-refractivity contribution is -0.836. The van der Waals surface area contributed by atoms with Crippen LogP contribution in [0, 0.1) is 0 Å². The molecule has 0 bridgehead atoms. The van der Waals surface area contributed by atoms with E-state index in [0.717, 1.165) is 0 Å². The Labute approximate surface area is 62.0 Å². The van der Waals surface area contributed by atoms with Crippen molar-refractivity contribution in [2.24, 2.45) is 0 Å². The standard InChI is InChI=1S/C4H6O2.C3H9N/c1-2-3-4(5)6;1-4(2)3/h2H,1,3H2,(H,5,6);1-3H3. The van der Waals surface area contributed by atoms with Gasteiger partial charge in [0.25, 0.3) is 0 Å². The lowest BCUT2D eigenvalue weighted by Crippen LogP contribution is -3.02. The van der Waals surface area contributed by atoms with E-state index in [1.54, 1.807) is 0 Å². The van der Waals surface area contributed by atoms with Gasteiger partial charge in [0, 0.05) is 12.4 Å². The molecule has 0 aromatic carbocycles. The van der Waals surface area contributed by atoms with Crippen LogP contribution in [-0.4, -0.2) is 27.1 Å². The molecule has 0 heterocycles. The van der Waals surface area contributed by atoms with E-state index in [1.165, 1.54) is 11.0 Å². The molecule has 0 saturated heterocycles. The van der Waals surface area contributed by atoms with Crippen molar-refractivity contribution in [2.75, 3.05) is 21.1 Å². The van der Waals surface area contributed by atoms with Crippen LogP contribution in [-0.2, 0) is 4.79 Å². The van der Waals surface area contributed by atoms with Gasteiger partial charge in [-0.2, -0.15) is 0 Å². The quantitative estimate of drug-likeness (QED) is 0.460. The number of hydrogen-bond donors (Lipinski definition) is 1. The number of hydrogen-bond acceptors (Lipinski definition) is 2. The zero-order valence-electron chi connectivity index (χ0n) is 6.81. The van der Waals surface area contributed by atoms with Crippen LogP contribution in [0.1, 0.15) is 6.42 Å². The van der Waals surface area contributed by atoms with Gasteiger partial charge in [-0.3, -0.25) is 0 Å². The number of carboxylic acid groups (broad SMARTS) is 1. The van der Waals surface area contributed by atoms with Gasteiger partial charge in [-0.1, -0.05) is 6.08 Å². The highest BCUT2D eigenvalue weighted by Gasteiger charge is 1.70. The van der Waals surface area contributed by atoms with Crippen LogP contribution in [0.4, 0.5) is 0 Å². The van der Waals surface area contributed by atoms with E-state index < -0.39 is 5.97 Å². The van der Waals surface area contributed by atoms with Crippen LogP contribution < -0.4 is 10.0 Å². The fourth-order valence-corrected chi connectivity index (χ4v) is 0.118. The van der Waals surface area contributed by atoms with Crippen LogP contribution in [0.25, 0.3) is 0 Å². The highest BCUT2D eigenvalue weighted by Crippen LogP contribution is 1.70. The molecule has 3 heteroatoms. The first kappa shape index (κ1) is 11.9. The Hall–Kier alpha value is -0.830. The Morgan fingerprint density at radius 1 is 1.60 bits per heavy atom. The van der Waals surface area contributed by atoms with Crippen molar-refractivity contribution in [2.45, 2.75) is 6.42 Å². The summed E-state index contributed by atoms with van der Waals surface area (Å²) in [6, 6.07) is 0. The van der Waals surface area contributed by atoms with Gasteiger partial charge in [-0.05, 0) is 0 Å². The zero-order chi connectivity index (χ0) is 8.57. The summed E-state index contributed by atoms with van der Waals surface area (Å²) in [5.41, 5.74) is 0. The Kier molecular flexibility index (Phi) is 9.73. The van der Waals surface area contributed by atoms with E-state index in [4.69, 9.17) is 0 Å². The Balaban J connectivity index is 0. The predicted molar refractivity (Wildman–Crippen MR) is 38.6 cm³/mol. The molecule has 60 valence electrons. The van der Waals surface area contributed by atoms with Crippen LogP contribution in [0.3, 0.4) is 0 Å². The van der Waals surface area contributed by atoms with E-state index in [-0.39, 0.29) is 6.42 Å². The number of rotatable bonds is 2. The van der Waals surface area contributed by atoms with Gasteiger partial charge in [0.05, 0.1) is 21.1 Å². The monoisotopic (exact) mass is 145 g/mol. The van der Waals surface area contributed by atoms with Crippen molar-refractivity contribution in [3.8, 4) is 0 Å². The maximum Gasteiger partial charge on any atom is 0.0661 e. The van der Waals surface area contributed by atoms with Crippen LogP contribution >= 0.6 is 0 Å². The largest absolute Gasteiger partial charge is 0.550 e. The number of nitrogens with one attached hydrogen (secondary N) is 1. The van der Waals surface area contributed by atoms with Crippen LogP contribution in [0.15, 0.2) is 12.7 Å². The van der Waals surface area contributed by atoms with E-state index in [1.807, 2.05) is 0 Å². The van der Waals surface area contributed by atoms with E-state index >= 15 is 0 Å². The minimum atomic E-state index is -1.08. The lowest BCUT2D eigenvalue weighted by Gasteiger charge is -1.89. The summed E-state index contributed by atoms with van der Waals surface area (Å²) in [5.74, 6) is -1.08. The molecular formula is C7H15NO2. The molecule has 0 radical (unpaired) electrons. The molecule has 3 nitrogen and oxygen atoms in total. The molecule has 0 rings (SSSR count). The predicted octanol–water partition coefficient (Wildman–Crippen LogP) is -1.93. The first-order valence-electron chi connectivity index (χ1n) is 3.08. The molecule has 0 unspecified atom stereocenters. The second-order valence-electron chi connectivity index (χ2n) is 2.36. The number of carbonyl (C=O) groups is 1. The summed E-state index contributed by atoms with van der Waals surface area (Å²) in [6.45, 7) is 3.18. The molecule has 0 aliphatic carbocycles. The van der Waals surface area contributed by atoms with Gasteiger partial charge in [-0.15, -0.1) is 6.58 Å². The van der Waals surface area contributed by atoms with Crippen molar-refractivity contribution in [1.82, 2.24) is 0 Å². The van der Waals surface area contributed by atoms with E-state index in [9.17, 15) is 9.90 Å². The summed E-state index contributed by atoms with van der Waals surface area (Å²) in [7, 11) is 6.25. The molecule has 10 heavy (non-hydrogen) atoms. The second-order valence-corrected chi connectivity index (χ2v) is 2.36. The molecule has 0 aliphatic heterocycles. The fourth-order valence-electron chi connectivity index (χ4n) is 0.118. The van der Waals surface area contributed by atoms with E-state index in [0.29, 0.717) is 0 Å². The first-order valence-corrected chi connectivity index (χ1v) is 3.08. The summed E-state index contributed by atoms with van der Waals surface area (Å²) < 4.78 is 0. The van der Waals surface area contributed by atoms with Crippen molar-refractivity contribution in [3.05, 3.63) is 12.7 Å². The number of carbonyl (C=O) groups excluding carboxylic acids is 1. The highest BCUT2D eigenvalue weighted by atomic mass is 16.4. The van der Waals surface area contributed by atoms with Crippen molar-refractivity contribution in [1.29, 1.82) is 0 Å².